The number of unbranched alkanes of at least 4 members (excludes halogenated alkanes) is 4. The minimum Gasteiger partial charge on any atom is -0.0654 e. The molecule has 1 nitrogen and oxygen atoms in total. The average molecular weight is 305 g/mol. The van der Waals surface area contributed by atoms with Crippen LogP contribution in [0.15, 0.2) is 23.1 Å². The Morgan fingerprint density at radius 2 is 1.95 bits per heavy atom. The maximum Gasteiger partial charge on any atom is -0.0533 e. The molecule has 1 N–H and O–H groups in total. The normalized spacial score (nSPS) is 20.8. The van der Waals surface area contributed by atoms with E-state index >= 15 is 0 Å². The van der Waals surface area contributed by atoms with Crippen molar-refractivity contribution in [2.24, 2.45) is 5.92 Å². The maximum atomic E-state index is 3.42. The number of hydrogen-bond acceptors (Lipinski definition) is 2. The van der Waals surface area contributed by atoms with Crippen LogP contribution in [0.5, 0.6) is 0 Å². The van der Waals surface area contributed by atoms with E-state index in [9.17, 15) is 0 Å². The molecule has 2 aliphatic rings. The number of nitrogens with one attached hydrogen (secondary N) is 1. The van der Waals surface area contributed by atoms with Crippen LogP contribution < -0.4 is 5.32 Å². The van der Waals surface area contributed by atoms with Crippen molar-refractivity contribution in [3.63, 3.8) is 0 Å². The van der Waals surface area contributed by atoms with Crippen LogP contribution in [0.1, 0.15) is 65.7 Å². The van der Waals surface area contributed by atoms with Crippen molar-refractivity contribution in [1.29, 1.82) is 0 Å². The topological polar surface area (TPSA) is 12.0 Å². The molecule has 0 aromatic rings. The molecule has 0 saturated carbocycles. The zero-order valence-electron chi connectivity index (χ0n) is 14.2. The van der Waals surface area contributed by atoms with Crippen molar-refractivity contribution in [2.75, 3.05) is 13.1 Å². The van der Waals surface area contributed by atoms with E-state index in [1.54, 1.807) is 0 Å². The van der Waals surface area contributed by atoms with E-state index in [2.05, 4.69) is 50.5 Å². The van der Waals surface area contributed by atoms with Gasteiger partial charge in [-0.1, -0.05) is 46.0 Å². The summed E-state index contributed by atoms with van der Waals surface area (Å²) in [4.78, 5) is 1.52. The number of rotatable bonds is 6. The standard InChI is InChI=1S/C11H16BNS.C7H16/c1-2-10-4-3-5-11(14-12-10)9-6-7-13-8-9;1-3-5-7-6-4-2/h3-5,9,13H,2,6-8H2,1H3;3-7H2,1-2H3. The van der Waals surface area contributed by atoms with Gasteiger partial charge in [-0.15, -0.1) is 0 Å². The van der Waals surface area contributed by atoms with Gasteiger partial charge in [0.15, 0.2) is 0 Å². The molecule has 118 valence electrons. The zero-order valence-corrected chi connectivity index (χ0v) is 15.0. The largest absolute Gasteiger partial charge is 0.0654 e. The molecule has 1 atom stereocenters. The summed E-state index contributed by atoms with van der Waals surface area (Å²) in [5, 5.41) is 3.42. The van der Waals surface area contributed by atoms with Gasteiger partial charge in [-0.3, -0.25) is 0 Å². The van der Waals surface area contributed by atoms with Crippen molar-refractivity contribution < 1.29 is 0 Å². The molecule has 2 rings (SSSR count). The second kappa shape index (κ2) is 12.3. The summed E-state index contributed by atoms with van der Waals surface area (Å²) in [6.45, 7) is 9.03. The van der Waals surface area contributed by atoms with Gasteiger partial charge in [0, 0.05) is 0 Å². The van der Waals surface area contributed by atoms with E-state index in [1.807, 2.05) is 11.6 Å². The predicted octanol–water partition coefficient (Wildman–Crippen LogP) is 4.96. The van der Waals surface area contributed by atoms with Crippen LogP contribution in [-0.4, -0.2) is 24.8 Å². The predicted molar refractivity (Wildman–Crippen MR) is 101 cm³/mol. The van der Waals surface area contributed by atoms with Gasteiger partial charge in [0.25, 0.3) is 0 Å². The van der Waals surface area contributed by atoms with Gasteiger partial charge >= 0.3 is 90.5 Å². The van der Waals surface area contributed by atoms with Crippen molar-refractivity contribution in [3.05, 3.63) is 23.1 Å². The van der Waals surface area contributed by atoms with Gasteiger partial charge in [0.05, 0.1) is 0 Å². The molecule has 1 unspecified atom stereocenters. The fraction of sp³-hybridized carbons (Fsp3) is 0.722. The Bertz CT molecular complexity index is 350. The number of allylic oxidation sites excluding steroid dienone is 3. The van der Waals surface area contributed by atoms with Crippen LogP contribution in [0.4, 0.5) is 0 Å². The summed E-state index contributed by atoms with van der Waals surface area (Å²) in [6, 6.07) is 0. The third-order valence-electron chi connectivity index (χ3n) is 4.00. The second-order valence-electron chi connectivity index (χ2n) is 5.84. The third kappa shape index (κ3) is 8.06. The third-order valence-corrected chi connectivity index (χ3v) is 5.16. The van der Waals surface area contributed by atoms with Crippen molar-refractivity contribution in [2.45, 2.75) is 65.7 Å². The van der Waals surface area contributed by atoms with Gasteiger partial charge in [-0.2, -0.15) is 0 Å². The van der Waals surface area contributed by atoms with Crippen LogP contribution in [0, 0.1) is 5.92 Å². The van der Waals surface area contributed by atoms with E-state index in [-0.39, 0.29) is 0 Å². The summed E-state index contributed by atoms with van der Waals surface area (Å²) in [7, 11) is 0. The molecule has 2 aliphatic heterocycles. The molecule has 0 amide bonds. The Morgan fingerprint density at radius 1 is 1.19 bits per heavy atom. The Labute approximate surface area is 136 Å². The van der Waals surface area contributed by atoms with E-state index in [0.29, 0.717) is 0 Å². The first-order valence-corrected chi connectivity index (χ1v) is 9.64. The summed E-state index contributed by atoms with van der Waals surface area (Å²) in [5.74, 6) is 0.747. The first kappa shape index (κ1) is 18.8. The molecule has 0 aromatic heterocycles. The van der Waals surface area contributed by atoms with Gasteiger partial charge in [0.2, 0.25) is 0 Å². The molecule has 0 aliphatic carbocycles. The molecule has 0 spiro atoms. The Balaban J connectivity index is 0.000000270. The van der Waals surface area contributed by atoms with Crippen LogP contribution in [-0.2, 0) is 0 Å². The van der Waals surface area contributed by atoms with Crippen LogP contribution in [0.25, 0.3) is 0 Å². The van der Waals surface area contributed by atoms with Gasteiger partial charge in [-0.05, 0) is 0 Å². The summed E-state index contributed by atoms with van der Waals surface area (Å²) >= 11 is 1.91. The zero-order chi connectivity index (χ0) is 15.3. The monoisotopic (exact) mass is 305 g/mol. The van der Waals surface area contributed by atoms with Crippen molar-refractivity contribution in [1.82, 2.24) is 5.32 Å². The molecule has 2 heterocycles. The maximum absolute atomic E-state index is 3.42. The fourth-order valence-electron chi connectivity index (χ4n) is 2.50. The fourth-order valence-corrected chi connectivity index (χ4v) is 3.58. The minimum atomic E-state index is 0.747. The van der Waals surface area contributed by atoms with Crippen LogP contribution >= 0.6 is 11.6 Å². The quantitative estimate of drug-likeness (QED) is 0.550. The van der Waals surface area contributed by atoms with Crippen molar-refractivity contribution in [3.8, 4) is 0 Å². The van der Waals surface area contributed by atoms with Crippen molar-refractivity contribution >= 4 is 23.3 Å². The molecule has 0 bridgehead atoms. The van der Waals surface area contributed by atoms with E-state index in [4.69, 9.17) is 0 Å². The Morgan fingerprint density at radius 3 is 2.52 bits per heavy atom. The molecule has 21 heavy (non-hydrogen) atoms. The van der Waals surface area contributed by atoms with E-state index < -0.39 is 0 Å². The molecule has 3 heteroatoms. The van der Waals surface area contributed by atoms with Crippen LogP contribution in [0.3, 0.4) is 0 Å². The number of hydrogen-bond donors (Lipinski definition) is 1. The van der Waals surface area contributed by atoms with Gasteiger partial charge in [-0.25, -0.2) is 0 Å². The first-order chi connectivity index (χ1) is 10.3. The average Bonchev–Trinajstić information content (AvgIpc) is 2.94. The molecular formula is C18H32BNS. The Kier molecular flexibility index (Phi) is 11.0. The minimum absolute atomic E-state index is 0.747. The van der Waals surface area contributed by atoms with E-state index in [1.165, 1.54) is 55.4 Å². The van der Waals surface area contributed by atoms with Gasteiger partial charge in [0.1, 0.15) is 0 Å². The molecule has 0 aromatic carbocycles. The molecular weight excluding hydrogens is 273 g/mol. The summed E-state index contributed by atoms with van der Waals surface area (Å²) in [6.07, 6.45) is 18.4. The molecule has 1 fully saturated rings. The summed E-state index contributed by atoms with van der Waals surface area (Å²) < 4.78 is 0. The second-order valence-corrected chi connectivity index (χ2v) is 6.79. The van der Waals surface area contributed by atoms with Gasteiger partial charge < -0.3 is 0 Å². The summed E-state index contributed by atoms with van der Waals surface area (Å²) in [5.41, 5.74) is 1.44. The van der Waals surface area contributed by atoms with E-state index in [0.717, 1.165) is 18.9 Å². The molecule has 1 saturated heterocycles. The molecule has 0 radical (unpaired) electrons. The Hall–Kier alpha value is -0.275. The smallest absolute Gasteiger partial charge is 0.0533 e. The van der Waals surface area contributed by atoms with Crippen LogP contribution in [0.2, 0.25) is 0 Å². The SMILES string of the molecule is CCC1=BSC(C2CCNC2)=CC=C1.CCCCCCC. The first-order valence-electron chi connectivity index (χ1n) is 8.76.